The summed E-state index contributed by atoms with van der Waals surface area (Å²) in [4.78, 5) is 16.8. The van der Waals surface area contributed by atoms with Gasteiger partial charge in [0.1, 0.15) is 5.82 Å². The molecule has 0 saturated carbocycles. The lowest BCUT2D eigenvalue weighted by Gasteiger charge is -2.37. The zero-order chi connectivity index (χ0) is 14.0. The Morgan fingerprint density at radius 3 is 2.95 bits per heavy atom. The molecule has 1 aliphatic heterocycles. The van der Waals surface area contributed by atoms with E-state index >= 15 is 0 Å². The highest BCUT2D eigenvalue weighted by Gasteiger charge is 2.30. The summed E-state index contributed by atoms with van der Waals surface area (Å²) in [5, 5.41) is 11.1. The van der Waals surface area contributed by atoms with E-state index in [2.05, 4.69) is 10.4 Å². The molecule has 3 N–H and O–H groups in total. The van der Waals surface area contributed by atoms with Crippen LogP contribution in [0.3, 0.4) is 0 Å². The molecule has 0 radical (unpaired) electrons. The van der Waals surface area contributed by atoms with Gasteiger partial charge in [0, 0.05) is 12.6 Å². The number of hydrazine groups is 1. The van der Waals surface area contributed by atoms with Gasteiger partial charge in [-0.3, -0.25) is 10.1 Å². The standard InChI is InChI=1S/C11H17N5O3/c1-7-6-19-8(2)5-15(7)11-9(16(17)18)3-4-10(13-11)14-12/h3-4,7-8H,5-6,12H2,1-2H3,(H,13,14). The van der Waals surface area contributed by atoms with E-state index in [-0.39, 0.29) is 17.8 Å². The minimum absolute atomic E-state index is 0.00657. The molecule has 2 atom stereocenters. The van der Waals surface area contributed by atoms with Crippen LogP contribution in [0.4, 0.5) is 17.3 Å². The van der Waals surface area contributed by atoms with E-state index in [4.69, 9.17) is 10.6 Å². The first-order valence-electron chi connectivity index (χ1n) is 6.03. The van der Waals surface area contributed by atoms with Gasteiger partial charge in [-0.2, -0.15) is 0 Å². The van der Waals surface area contributed by atoms with Crippen molar-refractivity contribution in [2.75, 3.05) is 23.5 Å². The lowest BCUT2D eigenvalue weighted by atomic mass is 10.2. The molecule has 1 aromatic rings. The second-order valence-corrected chi connectivity index (χ2v) is 4.59. The van der Waals surface area contributed by atoms with Gasteiger partial charge in [0.05, 0.1) is 23.7 Å². The van der Waals surface area contributed by atoms with Gasteiger partial charge in [-0.15, -0.1) is 0 Å². The summed E-state index contributed by atoms with van der Waals surface area (Å²) in [7, 11) is 0. The molecular formula is C11H17N5O3. The first kappa shape index (κ1) is 13.5. The number of nitro groups is 1. The van der Waals surface area contributed by atoms with Crippen LogP contribution in [0.15, 0.2) is 12.1 Å². The van der Waals surface area contributed by atoms with Crippen molar-refractivity contribution in [2.45, 2.75) is 26.0 Å². The number of nitrogens with zero attached hydrogens (tertiary/aromatic N) is 3. The van der Waals surface area contributed by atoms with Crippen LogP contribution in [-0.2, 0) is 4.74 Å². The molecule has 8 heteroatoms. The monoisotopic (exact) mass is 267 g/mol. The Morgan fingerprint density at radius 2 is 2.32 bits per heavy atom. The molecule has 1 aromatic heterocycles. The van der Waals surface area contributed by atoms with E-state index in [1.807, 2.05) is 18.7 Å². The van der Waals surface area contributed by atoms with Gasteiger partial charge in [-0.25, -0.2) is 10.8 Å². The molecule has 1 aliphatic rings. The third-order valence-electron chi connectivity index (χ3n) is 3.08. The number of hydrogen-bond donors (Lipinski definition) is 2. The number of rotatable bonds is 3. The molecule has 2 heterocycles. The van der Waals surface area contributed by atoms with E-state index in [9.17, 15) is 10.1 Å². The van der Waals surface area contributed by atoms with Crippen molar-refractivity contribution < 1.29 is 9.66 Å². The number of ether oxygens (including phenoxy) is 1. The number of anilines is 2. The summed E-state index contributed by atoms with van der Waals surface area (Å²) in [6, 6.07) is 2.91. The number of nitrogen functional groups attached to an aromatic ring is 1. The van der Waals surface area contributed by atoms with E-state index in [0.717, 1.165) is 0 Å². The van der Waals surface area contributed by atoms with E-state index in [0.29, 0.717) is 24.8 Å². The molecule has 1 saturated heterocycles. The molecule has 0 aliphatic carbocycles. The number of nitrogens with one attached hydrogen (secondary N) is 1. The topological polar surface area (TPSA) is 107 Å². The summed E-state index contributed by atoms with van der Waals surface area (Å²) >= 11 is 0. The molecule has 8 nitrogen and oxygen atoms in total. The van der Waals surface area contributed by atoms with Crippen molar-refractivity contribution in [3.63, 3.8) is 0 Å². The van der Waals surface area contributed by atoms with E-state index in [1.165, 1.54) is 12.1 Å². The van der Waals surface area contributed by atoms with Gasteiger partial charge >= 0.3 is 5.69 Å². The number of pyridine rings is 1. The van der Waals surface area contributed by atoms with Crippen LogP contribution >= 0.6 is 0 Å². The minimum atomic E-state index is -0.435. The van der Waals surface area contributed by atoms with E-state index < -0.39 is 4.92 Å². The summed E-state index contributed by atoms with van der Waals surface area (Å²) in [6.07, 6.45) is 0.00657. The van der Waals surface area contributed by atoms with Crippen molar-refractivity contribution in [3.8, 4) is 0 Å². The van der Waals surface area contributed by atoms with Crippen molar-refractivity contribution in [2.24, 2.45) is 5.84 Å². The fourth-order valence-corrected chi connectivity index (χ4v) is 2.07. The van der Waals surface area contributed by atoms with Gasteiger partial charge in [0.2, 0.25) is 5.82 Å². The predicted octanol–water partition coefficient (Wildman–Crippen LogP) is 0.889. The summed E-state index contributed by atoms with van der Waals surface area (Å²) in [5.41, 5.74) is 2.38. The zero-order valence-electron chi connectivity index (χ0n) is 10.9. The highest BCUT2D eigenvalue weighted by Crippen LogP contribution is 2.30. The molecule has 104 valence electrons. The average molecular weight is 267 g/mol. The second-order valence-electron chi connectivity index (χ2n) is 4.59. The highest BCUT2D eigenvalue weighted by atomic mass is 16.6. The molecule has 0 spiro atoms. The Hall–Kier alpha value is -1.93. The van der Waals surface area contributed by atoms with Crippen LogP contribution in [-0.4, -0.2) is 35.2 Å². The summed E-state index contributed by atoms with van der Waals surface area (Å²) in [5.74, 6) is 6.03. The first-order valence-corrected chi connectivity index (χ1v) is 6.03. The summed E-state index contributed by atoms with van der Waals surface area (Å²) in [6.45, 7) is 4.94. The Labute approximate surface area is 110 Å². The Kier molecular flexibility index (Phi) is 3.82. The fraction of sp³-hybridized carbons (Fsp3) is 0.545. The quantitative estimate of drug-likeness (QED) is 0.475. The molecule has 0 bridgehead atoms. The maximum atomic E-state index is 11.1. The fourth-order valence-electron chi connectivity index (χ4n) is 2.07. The molecule has 2 rings (SSSR count). The highest BCUT2D eigenvalue weighted by molar-refractivity contribution is 5.62. The second kappa shape index (κ2) is 5.37. The van der Waals surface area contributed by atoms with Crippen LogP contribution in [0, 0.1) is 10.1 Å². The minimum Gasteiger partial charge on any atom is -0.375 e. The van der Waals surface area contributed by atoms with Crippen molar-refractivity contribution in [3.05, 3.63) is 22.2 Å². The smallest absolute Gasteiger partial charge is 0.311 e. The summed E-state index contributed by atoms with van der Waals surface area (Å²) < 4.78 is 5.52. The molecular weight excluding hydrogens is 250 g/mol. The Balaban J connectivity index is 2.42. The number of hydrogen-bond acceptors (Lipinski definition) is 7. The first-order chi connectivity index (χ1) is 9.02. The normalized spacial score (nSPS) is 23.2. The third-order valence-corrected chi connectivity index (χ3v) is 3.08. The van der Waals surface area contributed by atoms with Gasteiger partial charge in [0.25, 0.3) is 0 Å². The van der Waals surface area contributed by atoms with Gasteiger partial charge in [-0.05, 0) is 19.9 Å². The molecule has 2 unspecified atom stereocenters. The van der Waals surface area contributed by atoms with Crippen LogP contribution in [0.1, 0.15) is 13.8 Å². The van der Waals surface area contributed by atoms with Crippen molar-refractivity contribution in [1.82, 2.24) is 4.98 Å². The van der Waals surface area contributed by atoms with Gasteiger partial charge in [0.15, 0.2) is 0 Å². The van der Waals surface area contributed by atoms with Crippen LogP contribution in [0.5, 0.6) is 0 Å². The van der Waals surface area contributed by atoms with Crippen molar-refractivity contribution in [1.29, 1.82) is 0 Å². The van der Waals surface area contributed by atoms with Gasteiger partial charge in [-0.1, -0.05) is 0 Å². The maximum absolute atomic E-state index is 11.1. The van der Waals surface area contributed by atoms with Crippen LogP contribution in [0.25, 0.3) is 0 Å². The lowest BCUT2D eigenvalue weighted by Crippen LogP contribution is -2.48. The van der Waals surface area contributed by atoms with Crippen molar-refractivity contribution >= 4 is 17.3 Å². The van der Waals surface area contributed by atoms with Gasteiger partial charge < -0.3 is 15.1 Å². The van der Waals surface area contributed by atoms with E-state index in [1.54, 1.807) is 0 Å². The largest absolute Gasteiger partial charge is 0.375 e. The zero-order valence-corrected chi connectivity index (χ0v) is 10.9. The molecule has 0 amide bonds. The molecule has 1 fully saturated rings. The number of nitrogens with two attached hydrogens (primary N) is 1. The maximum Gasteiger partial charge on any atom is 0.311 e. The number of aromatic nitrogens is 1. The Morgan fingerprint density at radius 1 is 1.58 bits per heavy atom. The van der Waals surface area contributed by atoms with Crippen LogP contribution < -0.4 is 16.2 Å². The third kappa shape index (κ3) is 2.74. The number of morpholine rings is 1. The SMILES string of the molecule is CC1CN(c2nc(NN)ccc2[N+](=O)[O-])C(C)CO1. The Bertz CT molecular complexity index is 481. The lowest BCUT2D eigenvalue weighted by molar-refractivity contribution is -0.384. The molecule has 0 aromatic carbocycles. The predicted molar refractivity (Wildman–Crippen MR) is 70.9 cm³/mol. The average Bonchev–Trinajstić information content (AvgIpc) is 2.40. The molecule has 19 heavy (non-hydrogen) atoms. The van der Waals surface area contributed by atoms with Crippen LogP contribution in [0.2, 0.25) is 0 Å².